The molecule has 2 aromatic heterocycles. The first kappa shape index (κ1) is 9.09. The van der Waals surface area contributed by atoms with E-state index in [-0.39, 0.29) is 0 Å². The molecule has 0 saturated heterocycles. The van der Waals surface area contributed by atoms with Crippen LogP contribution in [0, 0.1) is 6.92 Å². The van der Waals surface area contributed by atoms with E-state index in [0.717, 1.165) is 11.3 Å². The van der Waals surface area contributed by atoms with Crippen LogP contribution in [0.1, 0.15) is 5.56 Å². The number of benzene rings is 1. The molecule has 3 aromatic rings. The van der Waals surface area contributed by atoms with E-state index < -0.39 is 0 Å². The average Bonchev–Trinajstić information content (AvgIpc) is 2.72. The molecular weight excluding hydrogens is 198 g/mol. The zero-order valence-electron chi connectivity index (χ0n) is 8.96. The smallest absolute Gasteiger partial charge is 0.155 e. The minimum absolute atomic E-state index is 0.874. The highest BCUT2D eigenvalue weighted by Crippen LogP contribution is 2.20. The quantitative estimate of drug-likeness (QED) is 0.616. The third-order valence-electron chi connectivity index (χ3n) is 2.63. The van der Waals surface area contributed by atoms with Gasteiger partial charge >= 0.3 is 0 Å². The molecule has 0 fully saturated rings. The molecule has 0 bridgehead atoms. The van der Waals surface area contributed by atoms with Crippen molar-refractivity contribution in [3.63, 3.8) is 0 Å². The van der Waals surface area contributed by atoms with Crippen LogP contribution in [-0.2, 0) is 0 Å². The number of nitrogens with zero attached hydrogens (tertiary/aromatic N) is 3. The largest absolute Gasteiger partial charge is 0.297 e. The van der Waals surface area contributed by atoms with Crippen molar-refractivity contribution in [3.05, 3.63) is 54.6 Å². The highest BCUT2D eigenvalue weighted by Gasteiger charge is 2.04. The maximum absolute atomic E-state index is 4.33. The van der Waals surface area contributed by atoms with Gasteiger partial charge in [-0.15, -0.1) is 0 Å². The van der Waals surface area contributed by atoms with Gasteiger partial charge in [-0.1, -0.05) is 23.8 Å². The Bertz CT molecular complexity index is 640. The van der Waals surface area contributed by atoms with Crippen molar-refractivity contribution in [2.45, 2.75) is 6.92 Å². The summed E-state index contributed by atoms with van der Waals surface area (Å²) < 4.78 is 2.04. The fraction of sp³-hybridized carbons (Fsp3) is 0.0769. The van der Waals surface area contributed by atoms with Crippen molar-refractivity contribution in [3.8, 4) is 11.3 Å². The molecule has 0 aliphatic carbocycles. The molecule has 0 amide bonds. The zero-order valence-corrected chi connectivity index (χ0v) is 8.96. The monoisotopic (exact) mass is 209 g/mol. The second-order valence-corrected chi connectivity index (χ2v) is 3.82. The van der Waals surface area contributed by atoms with Gasteiger partial charge < -0.3 is 0 Å². The third kappa shape index (κ3) is 1.37. The van der Waals surface area contributed by atoms with E-state index in [0.29, 0.717) is 0 Å². The van der Waals surface area contributed by atoms with E-state index >= 15 is 0 Å². The van der Waals surface area contributed by atoms with Crippen molar-refractivity contribution >= 4 is 5.65 Å². The Morgan fingerprint density at radius 1 is 1.19 bits per heavy atom. The van der Waals surface area contributed by atoms with Gasteiger partial charge in [-0.2, -0.15) is 0 Å². The standard InChI is InChI=1S/C13H11N3/c1-10-3-2-4-11(7-10)12-8-15-13-9-14-5-6-16(12)13/h2-9H,1H3. The molecular formula is C13H11N3. The second-order valence-electron chi connectivity index (χ2n) is 3.82. The fourth-order valence-corrected chi connectivity index (χ4v) is 1.86. The van der Waals surface area contributed by atoms with Crippen LogP contribution in [0.15, 0.2) is 49.1 Å². The maximum atomic E-state index is 4.33. The first-order valence-electron chi connectivity index (χ1n) is 5.19. The summed E-state index contributed by atoms with van der Waals surface area (Å²) in [7, 11) is 0. The third-order valence-corrected chi connectivity index (χ3v) is 2.63. The molecule has 0 N–H and O–H groups in total. The number of rotatable bonds is 1. The molecule has 2 heterocycles. The SMILES string of the molecule is Cc1cccc(-c2cnc3cnccn23)c1. The summed E-state index contributed by atoms with van der Waals surface area (Å²) in [6, 6.07) is 8.40. The molecule has 0 aliphatic rings. The second kappa shape index (κ2) is 3.45. The lowest BCUT2D eigenvalue weighted by Gasteiger charge is -2.02. The minimum Gasteiger partial charge on any atom is -0.297 e. The van der Waals surface area contributed by atoms with Crippen molar-refractivity contribution < 1.29 is 0 Å². The van der Waals surface area contributed by atoms with Gasteiger partial charge in [-0.25, -0.2) is 4.98 Å². The molecule has 3 heteroatoms. The molecule has 3 rings (SSSR count). The zero-order chi connectivity index (χ0) is 11.0. The van der Waals surface area contributed by atoms with E-state index in [2.05, 4.69) is 41.2 Å². The summed E-state index contributed by atoms with van der Waals surface area (Å²) >= 11 is 0. The summed E-state index contributed by atoms with van der Waals surface area (Å²) in [4.78, 5) is 8.38. The molecule has 78 valence electrons. The topological polar surface area (TPSA) is 30.2 Å². The summed E-state index contributed by atoms with van der Waals surface area (Å²) in [6.07, 6.45) is 7.35. The number of hydrogen-bond donors (Lipinski definition) is 0. The maximum Gasteiger partial charge on any atom is 0.155 e. The molecule has 0 atom stereocenters. The van der Waals surface area contributed by atoms with E-state index in [1.807, 2.05) is 16.8 Å². The molecule has 16 heavy (non-hydrogen) atoms. The van der Waals surface area contributed by atoms with Crippen LogP contribution in [0.3, 0.4) is 0 Å². The summed E-state index contributed by atoms with van der Waals surface area (Å²) in [5, 5.41) is 0. The number of aromatic nitrogens is 3. The Kier molecular flexibility index (Phi) is 1.96. The van der Waals surface area contributed by atoms with Gasteiger partial charge in [-0.05, 0) is 13.0 Å². The van der Waals surface area contributed by atoms with E-state index in [1.54, 1.807) is 12.4 Å². The molecule has 0 saturated carbocycles. The molecule has 1 aromatic carbocycles. The van der Waals surface area contributed by atoms with Gasteiger partial charge in [-0.3, -0.25) is 9.38 Å². The summed E-state index contributed by atoms with van der Waals surface area (Å²) in [5.74, 6) is 0. The Morgan fingerprint density at radius 2 is 2.12 bits per heavy atom. The predicted octanol–water partition coefficient (Wildman–Crippen LogP) is 2.70. The first-order chi connectivity index (χ1) is 7.84. The lowest BCUT2D eigenvalue weighted by molar-refractivity contribution is 1.13. The van der Waals surface area contributed by atoms with Crippen molar-refractivity contribution in [1.82, 2.24) is 14.4 Å². The number of aryl methyl sites for hydroxylation is 1. The van der Waals surface area contributed by atoms with Crippen LogP contribution in [0.4, 0.5) is 0 Å². The van der Waals surface area contributed by atoms with Crippen LogP contribution in [-0.4, -0.2) is 14.4 Å². The number of imidazole rings is 1. The lowest BCUT2D eigenvalue weighted by atomic mass is 10.1. The Hall–Kier alpha value is -2.16. The van der Waals surface area contributed by atoms with Crippen LogP contribution in [0.2, 0.25) is 0 Å². The van der Waals surface area contributed by atoms with Gasteiger partial charge in [0.05, 0.1) is 18.1 Å². The van der Waals surface area contributed by atoms with Crippen LogP contribution < -0.4 is 0 Å². The van der Waals surface area contributed by atoms with Crippen molar-refractivity contribution in [1.29, 1.82) is 0 Å². The van der Waals surface area contributed by atoms with Gasteiger partial charge in [0, 0.05) is 18.0 Å². The highest BCUT2D eigenvalue weighted by molar-refractivity contribution is 5.63. The van der Waals surface area contributed by atoms with E-state index in [4.69, 9.17) is 0 Å². The van der Waals surface area contributed by atoms with Crippen LogP contribution in [0.25, 0.3) is 16.9 Å². The van der Waals surface area contributed by atoms with Gasteiger partial charge in [0.1, 0.15) is 0 Å². The molecule has 0 radical (unpaired) electrons. The average molecular weight is 209 g/mol. The highest BCUT2D eigenvalue weighted by atomic mass is 15.0. The van der Waals surface area contributed by atoms with Crippen LogP contribution >= 0.6 is 0 Å². The summed E-state index contributed by atoms with van der Waals surface area (Å²) in [5.41, 5.74) is 4.40. The minimum atomic E-state index is 0.874. The fourth-order valence-electron chi connectivity index (χ4n) is 1.86. The Labute approximate surface area is 93.4 Å². The number of hydrogen-bond acceptors (Lipinski definition) is 2. The first-order valence-corrected chi connectivity index (χ1v) is 5.19. The lowest BCUT2D eigenvalue weighted by Crippen LogP contribution is -1.88. The van der Waals surface area contributed by atoms with Gasteiger partial charge in [0.2, 0.25) is 0 Å². The molecule has 0 spiro atoms. The summed E-state index contributed by atoms with van der Waals surface area (Å²) in [6.45, 7) is 2.09. The van der Waals surface area contributed by atoms with E-state index in [9.17, 15) is 0 Å². The molecule has 0 aliphatic heterocycles. The van der Waals surface area contributed by atoms with Crippen molar-refractivity contribution in [2.24, 2.45) is 0 Å². The normalized spacial score (nSPS) is 10.8. The molecule has 3 nitrogen and oxygen atoms in total. The van der Waals surface area contributed by atoms with Gasteiger partial charge in [0.25, 0.3) is 0 Å². The van der Waals surface area contributed by atoms with E-state index in [1.165, 1.54) is 11.1 Å². The van der Waals surface area contributed by atoms with Crippen LogP contribution in [0.5, 0.6) is 0 Å². The number of fused-ring (bicyclic) bond motifs is 1. The van der Waals surface area contributed by atoms with Gasteiger partial charge in [0.15, 0.2) is 5.65 Å². The Morgan fingerprint density at radius 3 is 3.00 bits per heavy atom. The predicted molar refractivity (Wildman–Crippen MR) is 63.2 cm³/mol. The van der Waals surface area contributed by atoms with Crippen molar-refractivity contribution in [2.75, 3.05) is 0 Å². The molecule has 0 unspecified atom stereocenters. The Balaban J connectivity index is 2.26.